The first-order valence-corrected chi connectivity index (χ1v) is 9.65. The van der Waals surface area contributed by atoms with Crippen molar-refractivity contribution < 1.29 is 13.2 Å². The zero-order chi connectivity index (χ0) is 17.7. The van der Waals surface area contributed by atoms with E-state index in [2.05, 4.69) is 5.32 Å². The van der Waals surface area contributed by atoms with Gasteiger partial charge in [0.15, 0.2) is 0 Å². The number of hydrogen-bond acceptors (Lipinski definition) is 3. The van der Waals surface area contributed by atoms with Crippen molar-refractivity contribution in [3.8, 4) is 0 Å². The lowest BCUT2D eigenvalue weighted by Crippen LogP contribution is -2.33. The highest BCUT2D eigenvalue weighted by atomic mass is 35.5. The Morgan fingerprint density at radius 3 is 2.46 bits per heavy atom. The molecular weight excluding hydrogens is 371 g/mol. The maximum Gasteiger partial charge on any atom is 0.232 e. The van der Waals surface area contributed by atoms with Gasteiger partial charge in [-0.05, 0) is 30.3 Å². The molecule has 8 heteroatoms. The summed E-state index contributed by atoms with van der Waals surface area (Å²) >= 11 is 11.9. The van der Waals surface area contributed by atoms with Gasteiger partial charge in [-0.15, -0.1) is 0 Å². The van der Waals surface area contributed by atoms with Crippen LogP contribution in [0.3, 0.4) is 0 Å². The largest absolute Gasteiger partial charge is 0.325 e. The summed E-state index contributed by atoms with van der Waals surface area (Å²) in [6.07, 6.45) is 1.06. The van der Waals surface area contributed by atoms with E-state index < -0.39 is 10.0 Å². The number of rotatable bonds is 6. The van der Waals surface area contributed by atoms with Crippen LogP contribution in [0.4, 0.5) is 11.4 Å². The third kappa shape index (κ3) is 5.12. The highest BCUT2D eigenvalue weighted by Crippen LogP contribution is 2.23. The molecule has 0 aliphatic heterocycles. The van der Waals surface area contributed by atoms with Crippen LogP contribution in [0.2, 0.25) is 10.0 Å². The summed E-state index contributed by atoms with van der Waals surface area (Å²) in [5.41, 5.74) is 0.897. The summed E-state index contributed by atoms with van der Waals surface area (Å²) in [5, 5.41) is 3.50. The summed E-state index contributed by atoms with van der Waals surface area (Å²) < 4.78 is 25.1. The molecule has 0 aromatic heterocycles. The van der Waals surface area contributed by atoms with Crippen LogP contribution in [0, 0.1) is 0 Å². The van der Waals surface area contributed by atoms with Crippen molar-refractivity contribution in [1.82, 2.24) is 0 Å². The predicted octanol–water partition coefficient (Wildman–Crippen LogP) is 3.79. The number of nitrogens with one attached hydrogen (secondary N) is 1. The molecule has 5 nitrogen and oxygen atoms in total. The van der Waals surface area contributed by atoms with Gasteiger partial charge in [-0.25, -0.2) is 8.42 Å². The molecule has 0 bridgehead atoms. The lowest BCUT2D eigenvalue weighted by Gasteiger charge is -2.22. The van der Waals surface area contributed by atoms with Crippen LogP contribution < -0.4 is 9.62 Å². The molecule has 0 aliphatic carbocycles. The predicted molar refractivity (Wildman–Crippen MR) is 98.3 cm³/mol. The van der Waals surface area contributed by atoms with Gasteiger partial charge in [0.25, 0.3) is 0 Å². The van der Waals surface area contributed by atoms with Crippen molar-refractivity contribution in [3.63, 3.8) is 0 Å². The normalized spacial score (nSPS) is 11.1. The van der Waals surface area contributed by atoms with Crippen molar-refractivity contribution in [1.29, 1.82) is 0 Å². The average molecular weight is 387 g/mol. The Labute approximate surface area is 151 Å². The summed E-state index contributed by atoms with van der Waals surface area (Å²) in [6.45, 7) is -0.00450. The molecule has 0 saturated carbocycles. The lowest BCUT2D eigenvalue weighted by atomic mass is 10.3. The van der Waals surface area contributed by atoms with Gasteiger partial charge in [-0.2, -0.15) is 0 Å². The van der Waals surface area contributed by atoms with Crippen LogP contribution in [0.15, 0.2) is 48.5 Å². The monoisotopic (exact) mass is 386 g/mol. The minimum absolute atomic E-state index is 0.00450. The Bertz CT molecular complexity index is 841. The van der Waals surface area contributed by atoms with Crippen molar-refractivity contribution in [3.05, 3.63) is 58.6 Å². The summed E-state index contributed by atoms with van der Waals surface area (Å²) in [6, 6.07) is 13.3. The molecule has 2 rings (SSSR count). The van der Waals surface area contributed by atoms with Gasteiger partial charge in [-0.3, -0.25) is 9.10 Å². The van der Waals surface area contributed by atoms with E-state index in [-0.39, 0.29) is 18.9 Å². The molecule has 0 fully saturated rings. The maximum absolute atomic E-state index is 12.1. The number of amides is 1. The van der Waals surface area contributed by atoms with Gasteiger partial charge >= 0.3 is 0 Å². The van der Waals surface area contributed by atoms with Crippen molar-refractivity contribution in [2.45, 2.75) is 6.42 Å². The minimum Gasteiger partial charge on any atom is -0.325 e. The first-order valence-electron chi connectivity index (χ1n) is 7.05. The number of nitrogens with zero attached hydrogens (tertiary/aromatic N) is 1. The number of halogens is 2. The molecule has 1 amide bonds. The van der Waals surface area contributed by atoms with Gasteiger partial charge in [0.2, 0.25) is 15.9 Å². The van der Waals surface area contributed by atoms with Crippen LogP contribution in [-0.4, -0.2) is 27.1 Å². The SMILES string of the molecule is CS(=O)(=O)N(CCC(=O)Nc1ccccc1Cl)c1cccc(Cl)c1. The zero-order valence-corrected chi connectivity index (χ0v) is 15.2. The summed E-state index contributed by atoms with van der Waals surface area (Å²) in [4.78, 5) is 12.1. The Balaban J connectivity index is 2.09. The quantitative estimate of drug-likeness (QED) is 0.820. The molecule has 128 valence electrons. The van der Waals surface area contributed by atoms with E-state index in [1.54, 1.807) is 42.5 Å². The Morgan fingerprint density at radius 2 is 1.83 bits per heavy atom. The smallest absolute Gasteiger partial charge is 0.232 e. The highest BCUT2D eigenvalue weighted by molar-refractivity contribution is 7.92. The molecule has 2 aromatic carbocycles. The highest BCUT2D eigenvalue weighted by Gasteiger charge is 2.19. The van der Waals surface area contributed by atoms with E-state index in [1.165, 1.54) is 6.07 Å². The molecule has 0 radical (unpaired) electrons. The van der Waals surface area contributed by atoms with Crippen LogP contribution in [0.1, 0.15) is 6.42 Å². The first-order chi connectivity index (χ1) is 11.3. The number of carbonyl (C=O) groups excluding carboxylic acids is 1. The Morgan fingerprint density at radius 1 is 1.12 bits per heavy atom. The van der Waals surface area contributed by atoms with Crippen LogP contribution >= 0.6 is 23.2 Å². The molecule has 0 aliphatic rings. The van der Waals surface area contributed by atoms with E-state index in [0.717, 1.165) is 10.6 Å². The van der Waals surface area contributed by atoms with Gasteiger partial charge in [0.1, 0.15) is 0 Å². The number of benzene rings is 2. The lowest BCUT2D eigenvalue weighted by molar-refractivity contribution is -0.116. The van der Waals surface area contributed by atoms with Gasteiger partial charge < -0.3 is 5.32 Å². The topological polar surface area (TPSA) is 66.5 Å². The first kappa shape index (κ1) is 18.6. The molecule has 0 spiro atoms. The maximum atomic E-state index is 12.1. The molecule has 0 heterocycles. The van der Waals surface area contributed by atoms with Crippen molar-refractivity contribution in [2.75, 3.05) is 22.4 Å². The number of hydrogen-bond donors (Lipinski definition) is 1. The van der Waals surface area contributed by atoms with Crippen molar-refractivity contribution in [2.24, 2.45) is 0 Å². The van der Waals surface area contributed by atoms with Crippen LogP contribution in [0.5, 0.6) is 0 Å². The third-order valence-corrected chi connectivity index (χ3v) is 4.95. The van der Waals surface area contributed by atoms with E-state index in [1.807, 2.05) is 0 Å². The van der Waals surface area contributed by atoms with Gasteiger partial charge in [0, 0.05) is 18.0 Å². The zero-order valence-electron chi connectivity index (χ0n) is 12.9. The number of carbonyl (C=O) groups is 1. The number of sulfonamides is 1. The molecule has 2 aromatic rings. The fourth-order valence-corrected chi connectivity index (χ4v) is 3.38. The van der Waals surface area contributed by atoms with Crippen LogP contribution in [0.25, 0.3) is 0 Å². The van der Waals surface area contributed by atoms with E-state index in [4.69, 9.17) is 23.2 Å². The van der Waals surface area contributed by atoms with Gasteiger partial charge in [0.05, 0.1) is 22.7 Å². The second-order valence-corrected chi connectivity index (χ2v) is 7.84. The molecule has 24 heavy (non-hydrogen) atoms. The number of anilines is 2. The molecule has 0 saturated heterocycles. The molecule has 0 atom stereocenters. The fourth-order valence-electron chi connectivity index (χ4n) is 2.10. The fraction of sp³-hybridized carbons (Fsp3) is 0.188. The van der Waals surface area contributed by atoms with E-state index in [0.29, 0.717) is 21.4 Å². The third-order valence-electron chi connectivity index (χ3n) is 3.19. The second kappa shape index (κ2) is 7.88. The van der Waals surface area contributed by atoms with Crippen LogP contribution in [-0.2, 0) is 14.8 Å². The summed E-state index contributed by atoms with van der Waals surface area (Å²) in [5.74, 6) is -0.334. The molecule has 1 N–H and O–H groups in total. The second-order valence-electron chi connectivity index (χ2n) is 5.09. The summed E-state index contributed by atoms with van der Waals surface area (Å²) in [7, 11) is -3.54. The molecular formula is C16H16Cl2N2O3S. The van der Waals surface area contributed by atoms with Crippen molar-refractivity contribution >= 4 is 50.5 Å². The Kier molecular flexibility index (Phi) is 6.10. The van der Waals surface area contributed by atoms with Gasteiger partial charge in [-0.1, -0.05) is 41.4 Å². The minimum atomic E-state index is -3.54. The average Bonchev–Trinajstić information content (AvgIpc) is 2.48. The van der Waals surface area contributed by atoms with E-state index >= 15 is 0 Å². The number of para-hydroxylation sites is 1. The van der Waals surface area contributed by atoms with E-state index in [9.17, 15) is 13.2 Å². The Hall–Kier alpha value is -1.76. The molecule has 0 unspecified atom stereocenters. The standard InChI is InChI=1S/C16H16Cl2N2O3S/c1-24(22,23)20(13-6-4-5-12(17)11-13)10-9-16(21)19-15-8-3-2-7-14(15)18/h2-8,11H,9-10H2,1H3,(H,19,21).